The number of hydrogen-bond acceptors (Lipinski definition) is 5. The number of para-hydroxylation sites is 1. The van der Waals surface area contributed by atoms with Crippen molar-refractivity contribution in [2.24, 2.45) is 0 Å². The summed E-state index contributed by atoms with van der Waals surface area (Å²) in [5, 5.41) is 5.87. The van der Waals surface area contributed by atoms with E-state index in [9.17, 15) is 14.4 Å². The molecule has 0 aliphatic heterocycles. The number of hydrogen-bond donors (Lipinski definition) is 2. The van der Waals surface area contributed by atoms with Gasteiger partial charge in [0.1, 0.15) is 0 Å². The lowest BCUT2D eigenvalue weighted by Crippen LogP contribution is -2.22. The largest absolute Gasteiger partial charge is 0.455 e. The molecule has 0 bridgehead atoms. The molecule has 6 nitrogen and oxygen atoms in total. The van der Waals surface area contributed by atoms with Crippen molar-refractivity contribution in [2.45, 2.75) is 0 Å². The molecule has 2 amide bonds. The molecular weight excluding hydrogens is 376 g/mol. The lowest BCUT2D eigenvalue weighted by atomic mass is 10.3. The highest BCUT2D eigenvalue weighted by Crippen LogP contribution is 2.14. The van der Waals surface area contributed by atoms with E-state index in [2.05, 4.69) is 10.6 Å². The number of benzene rings is 2. The quantitative estimate of drug-likeness (QED) is 0.674. The maximum atomic E-state index is 11.8. The fraction of sp³-hybridized carbons (Fsp3) is 0.167. The second-order valence-electron chi connectivity index (χ2n) is 5.12. The molecule has 2 aromatic carbocycles. The molecule has 136 valence electrons. The van der Waals surface area contributed by atoms with Crippen molar-refractivity contribution in [3.8, 4) is 0 Å². The summed E-state index contributed by atoms with van der Waals surface area (Å²) < 4.78 is 4.87. The summed E-state index contributed by atoms with van der Waals surface area (Å²) in [5.41, 5.74) is 1.25. The molecule has 8 heteroatoms. The summed E-state index contributed by atoms with van der Waals surface area (Å²) in [7, 11) is 0. The van der Waals surface area contributed by atoms with Crippen LogP contribution < -0.4 is 10.6 Å². The van der Waals surface area contributed by atoms with Crippen molar-refractivity contribution in [3.63, 3.8) is 0 Å². The predicted molar refractivity (Wildman–Crippen MR) is 103 cm³/mol. The van der Waals surface area contributed by atoms with E-state index in [0.717, 1.165) is 11.8 Å². The molecule has 2 aromatic rings. The topological polar surface area (TPSA) is 84.5 Å². The van der Waals surface area contributed by atoms with Crippen LogP contribution in [0.5, 0.6) is 0 Å². The first-order chi connectivity index (χ1) is 12.5. The first-order valence-corrected chi connectivity index (χ1v) is 9.20. The molecule has 26 heavy (non-hydrogen) atoms. The zero-order valence-electron chi connectivity index (χ0n) is 13.7. The Labute approximate surface area is 160 Å². The number of anilines is 2. The second kappa shape index (κ2) is 10.5. The maximum Gasteiger partial charge on any atom is 0.316 e. The molecule has 0 fully saturated rings. The number of amides is 2. The molecule has 0 radical (unpaired) electrons. The minimum absolute atomic E-state index is 0.0212. The van der Waals surface area contributed by atoms with Gasteiger partial charge < -0.3 is 15.4 Å². The van der Waals surface area contributed by atoms with Crippen LogP contribution in [0, 0.1) is 0 Å². The van der Waals surface area contributed by atoms with Gasteiger partial charge in [-0.25, -0.2) is 0 Å². The fourth-order valence-electron chi connectivity index (χ4n) is 1.86. The standard InChI is InChI=1S/C18H17ClN2O4S/c19-13-6-8-15(9-7-13)21-17(23)11-26-12-18(24)25-10-16(22)20-14-4-2-1-3-5-14/h1-9H,10-12H2,(H,20,22)(H,21,23). The summed E-state index contributed by atoms with van der Waals surface area (Å²) in [6.45, 7) is -0.370. The summed E-state index contributed by atoms with van der Waals surface area (Å²) in [4.78, 5) is 35.0. The predicted octanol–water partition coefficient (Wildman–Crippen LogP) is 3.19. The summed E-state index contributed by atoms with van der Waals surface area (Å²) >= 11 is 6.87. The van der Waals surface area contributed by atoms with Gasteiger partial charge >= 0.3 is 5.97 Å². The summed E-state index contributed by atoms with van der Waals surface area (Å²) in [6, 6.07) is 15.6. The average molecular weight is 393 g/mol. The van der Waals surface area contributed by atoms with Crippen LogP contribution >= 0.6 is 23.4 Å². The number of halogens is 1. The number of thioether (sulfide) groups is 1. The minimum atomic E-state index is -0.558. The summed E-state index contributed by atoms with van der Waals surface area (Å²) in [6.07, 6.45) is 0. The Kier molecular flexibility index (Phi) is 7.98. The van der Waals surface area contributed by atoms with Crippen molar-refractivity contribution in [3.05, 3.63) is 59.6 Å². The van der Waals surface area contributed by atoms with E-state index in [0.29, 0.717) is 16.4 Å². The van der Waals surface area contributed by atoms with Gasteiger partial charge in [0.25, 0.3) is 5.91 Å². The highest BCUT2D eigenvalue weighted by molar-refractivity contribution is 8.00. The van der Waals surface area contributed by atoms with E-state index in [1.54, 1.807) is 48.5 Å². The highest BCUT2D eigenvalue weighted by Gasteiger charge is 2.10. The number of esters is 1. The number of rotatable bonds is 8. The number of nitrogens with one attached hydrogen (secondary N) is 2. The molecule has 2 N–H and O–H groups in total. The van der Waals surface area contributed by atoms with Gasteiger partial charge in [0.2, 0.25) is 5.91 Å². The van der Waals surface area contributed by atoms with Gasteiger partial charge in [-0.1, -0.05) is 29.8 Å². The van der Waals surface area contributed by atoms with Crippen LogP contribution in [0.25, 0.3) is 0 Å². The fourth-order valence-corrected chi connectivity index (χ4v) is 2.60. The zero-order chi connectivity index (χ0) is 18.8. The first kappa shape index (κ1) is 19.8. The number of carbonyl (C=O) groups is 3. The minimum Gasteiger partial charge on any atom is -0.455 e. The molecule has 0 saturated heterocycles. The average Bonchev–Trinajstić information content (AvgIpc) is 2.63. The van der Waals surface area contributed by atoms with Gasteiger partial charge in [-0.2, -0.15) is 0 Å². The van der Waals surface area contributed by atoms with E-state index < -0.39 is 11.9 Å². The third-order valence-corrected chi connectivity index (χ3v) is 4.16. The Hall–Kier alpha value is -2.51. The van der Waals surface area contributed by atoms with Crippen molar-refractivity contribution < 1.29 is 19.1 Å². The molecule has 0 unspecified atom stereocenters. The number of carbonyl (C=O) groups excluding carboxylic acids is 3. The first-order valence-electron chi connectivity index (χ1n) is 7.66. The van der Waals surface area contributed by atoms with Crippen LogP contribution in [-0.4, -0.2) is 35.9 Å². The second-order valence-corrected chi connectivity index (χ2v) is 6.54. The Morgan fingerprint density at radius 3 is 2.15 bits per heavy atom. The van der Waals surface area contributed by atoms with Crippen LogP contribution in [0.15, 0.2) is 54.6 Å². The van der Waals surface area contributed by atoms with Crippen molar-refractivity contribution in [1.29, 1.82) is 0 Å². The Bertz CT molecular complexity index is 754. The molecule has 0 atom stereocenters. The Morgan fingerprint density at radius 2 is 1.46 bits per heavy atom. The van der Waals surface area contributed by atoms with E-state index in [4.69, 9.17) is 16.3 Å². The molecule has 0 aliphatic carbocycles. The maximum absolute atomic E-state index is 11.8. The lowest BCUT2D eigenvalue weighted by molar-refractivity contribution is -0.144. The van der Waals surface area contributed by atoms with Gasteiger partial charge in [0.05, 0.1) is 11.5 Å². The third kappa shape index (κ3) is 7.58. The molecule has 0 spiro atoms. The van der Waals surface area contributed by atoms with Crippen LogP contribution in [0.2, 0.25) is 5.02 Å². The van der Waals surface area contributed by atoms with Gasteiger partial charge in [-0.3, -0.25) is 14.4 Å². The van der Waals surface area contributed by atoms with Crippen molar-refractivity contribution in [1.82, 2.24) is 0 Å². The smallest absolute Gasteiger partial charge is 0.316 e. The summed E-state index contributed by atoms with van der Waals surface area (Å²) in [5.74, 6) is -1.15. The van der Waals surface area contributed by atoms with Gasteiger partial charge in [-0.15, -0.1) is 11.8 Å². The van der Waals surface area contributed by atoms with Gasteiger partial charge in [-0.05, 0) is 36.4 Å². The molecule has 0 heterocycles. The normalized spacial score (nSPS) is 10.0. The van der Waals surface area contributed by atoms with Crippen LogP contribution in [-0.2, 0) is 19.1 Å². The Balaban J connectivity index is 1.60. The molecule has 0 aliphatic rings. The molecule has 0 aromatic heterocycles. The van der Waals surface area contributed by atoms with E-state index >= 15 is 0 Å². The zero-order valence-corrected chi connectivity index (χ0v) is 15.3. The van der Waals surface area contributed by atoms with E-state index in [1.165, 1.54) is 0 Å². The SMILES string of the molecule is O=C(COC(=O)CSCC(=O)Nc1ccc(Cl)cc1)Nc1ccccc1. The van der Waals surface area contributed by atoms with Gasteiger partial charge in [0, 0.05) is 16.4 Å². The third-order valence-electron chi connectivity index (χ3n) is 3.00. The highest BCUT2D eigenvalue weighted by atomic mass is 35.5. The monoisotopic (exact) mass is 392 g/mol. The molecule has 2 rings (SSSR count). The van der Waals surface area contributed by atoms with Crippen LogP contribution in [0.1, 0.15) is 0 Å². The van der Waals surface area contributed by atoms with Crippen molar-refractivity contribution in [2.75, 3.05) is 28.7 Å². The lowest BCUT2D eigenvalue weighted by Gasteiger charge is -2.07. The van der Waals surface area contributed by atoms with E-state index in [1.807, 2.05) is 6.07 Å². The van der Waals surface area contributed by atoms with Crippen LogP contribution in [0.3, 0.4) is 0 Å². The molecular formula is C18H17ClN2O4S. The van der Waals surface area contributed by atoms with Crippen molar-refractivity contribution >= 4 is 52.5 Å². The van der Waals surface area contributed by atoms with Crippen LogP contribution in [0.4, 0.5) is 11.4 Å². The van der Waals surface area contributed by atoms with Gasteiger partial charge in [0.15, 0.2) is 6.61 Å². The Morgan fingerprint density at radius 1 is 0.846 bits per heavy atom. The molecule has 0 saturated carbocycles. The van der Waals surface area contributed by atoms with E-state index in [-0.39, 0.29) is 24.0 Å². The number of ether oxygens (including phenoxy) is 1.